The molecule has 1 aromatic carbocycles. The maximum atomic E-state index is 12.9. The second-order valence-corrected chi connectivity index (χ2v) is 12.9. The fraction of sp³-hybridized carbons (Fsp3) is 0.774. The molecule has 1 aromatic rings. The lowest BCUT2D eigenvalue weighted by Crippen LogP contribution is -2.48. The van der Waals surface area contributed by atoms with Gasteiger partial charge in [0.05, 0.1) is 24.9 Å². The first-order chi connectivity index (χ1) is 18.6. The first-order valence-electron chi connectivity index (χ1n) is 14.9. The van der Waals surface area contributed by atoms with Crippen LogP contribution in [0.15, 0.2) is 18.2 Å². The molecule has 0 aromatic heterocycles. The third-order valence-corrected chi connectivity index (χ3v) is 8.32. The summed E-state index contributed by atoms with van der Waals surface area (Å²) in [4.78, 5) is 15.3. The normalized spacial score (nSPS) is 23.7. The van der Waals surface area contributed by atoms with Crippen molar-refractivity contribution in [2.75, 3.05) is 58.0 Å². The molecule has 2 atom stereocenters. The van der Waals surface area contributed by atoms with Crippen LogP contribution in [0.1, 0.15) is 71.8 Å². The molecule has 220 valence electrons. The summed E-state index contributed by atoms with van der Waals surface area (Å²) >= 11 is 0. The summed E-state index contributed by atoms with van der Waals surface area (Å²) in [5.41, 5.74) is 1.69. The van der Waals surface area contributed by atoms with E-state index >= 15 is 0 Å². The van der Waals surface area contributed by atoms with Crippen molar-refractivity contribution < 1.29 is 23.7 Å². The molecule has 3 heterocycles. The highest BCUT2D eigenvalue weighted by Crippen LogP contribution is 2.38. The quantitative estimate of drug-likeness (QED) is 0.379. The molecule has 0 unspecified atom stereocenters. The number of carbonyl (C=O) groups is 1. The monoisotopic (exact) mass is 545 g/mol. The van der Waals surface area contributed by atoms with E-state index in [0.717, 1.165) is 96.0 Å². The smallest absolute Gasteiger partial charge is 0.225 e. The molecule has 8 nitrogen and oxygen atoms in total. The van der Waals surface area contributed by atoms with E-state index in [2.05, 4.69) is 61.4 Å². The molecule has 8 heteroatoms. The zero-order chi connectivity index (χ0) is 27.9. The molecule has 2 N–H and O–H groups in total. The van der Waals surface area contributed by atoms with E-state index in [0.29, 0.717) is 18.6 Å². The highest BCUT2D eigenvalue weighted by atomic mass is 16.5. The fourth-order valence-electron chi connectivity index (χ4n) is 6.02. The Morgan fingerprint density at radius 2 is 2.00 bits per heavy atom. The average Bonchev–Trinajstić information content (AvgIpc) is 2.91. The number of carbonyl (C=O) groups excluding carboxylic acids is 1. The molecule has 2 fully saturated rings. The summed E-state index contributed by atoms with van der Waals surface area (Å²) < 4.78 is 23.3. The van der Waals surface area contributed by atoms with E-state index in [-0.39, 0.29) is 17.6 Å². The molecule has 0 spiro atoms. The summed E-state index contributed by atoms with van der Waals surface area (Å²) in [6, 6.07) is 6.76. The minimum Gasteiger partial charge on any atom is -0.484 e. The van der Waals surface area contributed by atoms with Crippen LogP contribution in [-0.2, 0) is 25.6 Å². The van der Waals surface area contributed by atoms with Gasteiger partial charge in [-0.2, -0.15) is 0 Å². The number of hydrogen-bond acceptors (Lipinski definition) is 7. The Kier molecular flexibility index (Phi) is 10.5. The number of benzene rings is 1. The van der Waals surface area contributed by atoms with Crippen molar-refractivity contribution in [2.45, 2.75) is 90.6 Å². The highest BCUT2D eigenvalue weighted by molar-refractivity contribution is 5.81. The van der Waals surface area contributed by atoms with Crippen molar-refractivity contribution in [1.29, 1.82) is 0 Å². The number of anilines is 1. The number of rotatable bonds is 12. The van der Waals surface area contributed by atoms with Crippen molar-refractivity contribution in [3.05, 3.63) is 23.8 Å². The number of ether oxygens (including phenoxy) is 4. The minimum atomic E-state index is -0.397. The van der Waals surface area contributed by atoms with Gasteiger partial charge < -0.3 is 34.5 Å². The van der Waals surface area contributed by atoms with Crippen molar-refractivity contribution in [2.24, 2.45) is 11.3 Å². The van der Waals surface area contributed by atoms with Crippen LogP contribution in [0.2, 0.25) is 0 Å². The van der Waals surface area contributed by atoms with Gasteiger partial charge in [0.1, 0.15) is 11.4 Å². The van der Waals surface area contributed by atoms with Gasteiger partial charge in [0.2, 0.25) is 5.91 Å². The first kappa shape index (κ1) is 30.1. The Morgan fingerprint density at radius 3 is 2.72 bits per heavy atom. The molecule has 0 bridgehead atoms. The molecular weight excluding hydrogens is 494 g/mol. The zero-order valence-electron chi connectivity index (χ0n) is 24.9. The molecule has 4 rings (SSSR count). The van der Waals surface area contributed by atoms with Crippen LogP contribution >= 0.6 is 0 Å². The van der Waals surface area contributed by atoms with Gasteiger partial charge in [-0.05, 0) is 76.0 Å². The molecule has 3 aliphatic rings. The van der Waals surface area contributed by atoms with Crippen molar-refractivity contribution in [3.63, 3.8) is 0 Å². The van der Waals surface area contributed by atoms with Gasteiger partial charge in [-0.1, -0.05) is 19.9 Å². The SMILES string of the molecule is COCCCN1CC(C)(C)Oc2ccc(CO[C@@H]3CC[C@@H](CC(C)(C)C(=O)NCC4CCOCC4)NC3)cc21. The standard InChI is InChI=1S/C31H51N3O5/c1-30(2,29(35)33-19-23-11-15-37-16-12-23)18-25-8-9-26(20-32-25)38-21-24-7-10-28-27(17-24)34(13-6-14-36-5)22-31(3,4)39-28/h7,10,17,23,25-26,32H,6,8-9,11-16,18-22H2,1-5H3,(H,33,35)/t25-,26+/m0/s1. The number of piperidine rings is 1. The lowest BCUT2D eigenvalue weighted by atomic mass is 9.82. The van der Waals surface area contributed by atoms with Crippen LogP contribution in [0.4, 0.5) is 5.69 Å². The van der Waals surface area contributed by atoms with E-state index in [1.54, 1.807) is 7.11 Å². The average molecular weight is 546 g/mol. The van der Waals surface area contributed by atoms with E-state index in [9.17, 15) is 4.79 Å². The predicted molar refractivity (Wildman–Crippen MR) is 154 cm³/mol. The number of nitrogens with zero attached hydrogens (tertiary/aromatic N) is 1. The molecule has 0 aliphatic carbocycles. The number of methoxy groups -OCH3 is 1. The maximum Gasteiger partial charge on any atom is 0.225 e. The largest absolute Gasteiger partial charge is 0.484 e. The number of hydrogen-bond donors (Lipinski definition) is 2. The van der Waals surface area contributed by atoms with Crippen LogP contribution in [-0.4, -0.2) is 76.8 Å². The van der Waals surface area contributed by atoms with Crippen LogP contribution < -0.4 is 20.3 Å². The summed E-state index contributed by atoms with van der Waals surface area (Å²) in [5.74, 6) is 1.64. The number of amides is 1. The van der Waals surface area contributed by atoms with Gasteiger partial charge in [0.25, 0.3) is 0 Å². The highest BCUT2D eigenvalue weighted by Gasteiger charge is 2.34. The summed E-state index contributed by atoms with van der Waals surface area (Å²) in [6.07, 6.45) is 6.09. The number of nitrogens with one attached hydrogen (secondary N) is 2. The number of fused-ring (bicyclic) bond motifs is 1. The molecular formula is C31H51N3O5. The predicted octanol–water partition coefficient (Wildman–Crippen LogP) is 4.30. The second kappa shape index (κ2) is 13.7. The Morgan fingerprint density at radius 1 is 1.21 bits per heavy atom. The Labute approximate surface area is 235 Å². The van der Waals surface area contributed by atoms with E-state index in [1.807, 2.05) is 0 Å². The van der Waals surface area contributed by atoms with Crippen molar-refractivity contribution in [1.82, 2.24) is 10.6 Å². The van der Waals surface area contributed by atoms with Gasteiger partial charge in [-0.3, -0.25) is 4.79 Å². The van der Waals surface area contributed by atoms with Gasteiger partial charge in [-0.15, -0.1) is 0 Å². The van der Waals surface area contributed by atoms with Crippen LogP contribution in [0.25, 0.3) is 0 Å². The first-order valence-corrected chi connectivity index (χ1v) is 14.9. The third-order valence-electron chi connectivity index (χ3n) is 8.32. The lowest BCUT2D eigenvalue weighted by molar-refractivity contribution is -0.130. The summed E-state index contributed by atoms with van der Waals surface area (Å²) in [5, 5.41) is 6.86. The molecule has 2 saturated heterocycles. The van der Waals surface area contributed by atoms with E-state index in [1.165, 1.54) is 5.56 Å². The molecule has 0 radical (unpaired) electrons. The van der Waals surface area contributed by atoms with Gasteiger partial charge in [0, 0.05) is 58.0 Å². The summed E-state index contributed by atoms with van der Waals surface area (Å²) in [7, 11) is 1.75. The van der Waals surface area contributed by atoms with Gasteiger partial charge >= 0.3 is 0 Å². The molecule has 39 heavy (non-hydrogen) atoms. The van der Waals surface area contributed by atoms with E-state index in [4.69, 9.17) is 18.9 Å². The Hall–Kier alpha value is -1.87. The topological polar surface area (TPSA) is 81.3 Å². The van der Waals surface area contributed by atoms with Gasteiger partial charge in [-0.25, -0.2) is 0 Å². The van der Waals surface area contributed by atoms with Crippen molar-refractivity contribution >= 4 is 11.6 Å². The molecule has 1 amide bonds. The lowest BCUT2D eigenvalue weighted by Gasteiger charge is -2.41. The molecule has 3 aliphatic heterocycles. The minimum absolute atomic E-state index is 0.158. The summed E-state index contributed by atoms with van der Waals surface area (Å²) in [6.45, 7) is 14.7. The fourth-order valence-corrected chi connectivity index (χ4v) is 6.02. The molecule has 0 saturated carbocycles. The van der Waals surface area contributed by atoms with Crippen LogP contribution in [0, 0.1) is 11.3 Å². The van der Waals surface area contributed by atoms with Crippen molar-refractivity contribution in [3.8, 4) is 5.75 Å². The maximum absolute atomic E-state index is 12.9. The van der Waals surface area contributed by atoms with E-state index < -0.39 is 5.41 Å². The van der Waals surface area contributed by atoms with Crippen LogP contribution in [0.3, 0.4) is 0 Å². The third kappa shape index (κ3) is 8.81. The van der Waals surface area contributed by atoms with Crippen LogP contribution in [0.5, 0.6) is 5.75 Å². The second-order valence-electron chi connectivity index (χ2n) is 12.9. The zero-order valence-corrected chi connectivity index (χ0v) is 24.9. The van der Waals surface area contributed by atoms with Gasteiger partial charge in [0.15, 0.2) is 0 Å². The Bertz CT molecular complexity index is 923. The Balaban J connectivity index is 1.22.